The number of aromatic nitrogens is 3. The Morgan fingerprint density at radius 2 is 1.76 bits per heavy atom. The molecule has 0 atom stereocenters. The van der Waals surface area contributed by atoms with E-state index in [4.69, 9.17) is 16.3 Å². The van der Waals surface area contributed by atoms with Gasteiger partial charge < -0.3 is 9.64 Å². The number of amides is 1. The Labute approximate surface area is 201 Å². The van der Waals surface area contributed by atoms with Gasteiger partial charge in [-0.1, -0.05) is 35.9 Å². The Morgan fingerprint density at radius 1 is 1.06 bits per heavy atom. The summed E-state index contributed by atoms with van der Waals surface area (Å²) in [5, 5.41) is 1.08. The number of carbonyl (C=O) groups is 1. The van der Waals surface area contributed by atoms with Crippen LogP contribution in [0.3, 0.4) is 0 Å². The van der Waals surface area contributed by atoms with E-state index < -0.39 is 9.84 Å². The van der Waals surface area contributed by atoms with Gasteiger partial charge in [-0.15, -0.1) is 0 Å². The zero-order valence-electron chi connectivity index (χ0n) is 18.3. The van der Waals surface area contributed by atoms with Crippen LogP contribution in [0.1, 0.15) is 10.4 Å². The van der Waals surface area contributed by atoms with Gasteiger partial charge in [-0.05, 0) is 18.2 Å². The molecule has 1 aliphatic heterocycles. The maximum absolute atomic E-state index is 13.0. The van der Waals surface area contributed by atoms with E-state index in [0.717, 1.165) is 17.4 Å². The van der Waals surface area contributed by atoms with Crippen molar-refractivity contribution >= 4 is 38.2 Å². The average molecular weight is 497 g/mol. The number of nitrogens with zero attached hydrogens (tertiary/aromatic N) is 4. The predicted octanol–water partition coefficient (Wildman–Crippen LogP) is 3.62. The van der Waals surface area contributed by atoms with E-state index in [-0.39, 0.29) is 16.8 Å². The molecule has 2 aromatic carbocycles. The van der Waals surface area contributed by atoms with Crippen molar-refractivity contribution in [3.63, 3.8) is 0 Å². The van der Waals surface area contributed by atoms with Gasteiger partial charge in [0.25, 0.3) is 5.91 Å². The normalized spacial score (nSPS) is 14.5. The van der Waals surface area contributed by atoms with E-state index in [1.54, 1.807) is 46.1 Å². The maximum atomic E-state index is 13.0. The third-order valence-corrected chi connectivity index (χ3v) is 7.21. The summed E-state index contributed by atoms with van der Waals surface area (Å²) in [5.41, 5.74) is 2.52. The van der Waals surface area contributed by atoms with Crippen molar-refractivity contribution in [2.75, 3.05) is 32.6 Å². The topological polar surface area (TPSA) is 94.4 Å². The average Bonchev–Trinajstić information content (AvgIpc) is 3.24. The summed E-state index contributed by atoms with van der Waals surface area (Å²) in [6.45, 7) is 2.01. The number of carbonyl (C=O) groups excluding carboxylic acids is 1. The molecule has 0 radical (unpaired) electrons. The van der Waals surface area contributed by atoms with Crippen molar-refractivity contribution in [1.82, 2.24) is 19.4 Å². The van der Waals surface area contributed by atoms with E-state index in [9.17, 15) is 13.2 Å². The maximum Gasteiger partial charge on any atom is 0.254 e. The van der Waals surface area contributed by atoms with Gasteiger partial charge in [0.1, 0.15) is 0 Å². The molecule has 174 valence electrons. The van der Waals surface area contributed by atoms with Crippen molar-refractivity contribution in [1.29, 1.82) is 0 Å². The van der Waals surface area contributed by atoms with Gasteiger partial charge in [0, 0.05) is 65.0 Å². The van der Waals surface area contributed by atoms with Crippen LogP contribution in [-0.4, -0.2) is 66.3 Å². The van der Waals surface area contributed by atoms with Crippen molar-refractivity contribution in [2.24, 2.45) is 0 Å². The van der Waals surface area contributed by atoms with Gasteiger partial charge in [0.2, 0.25) is 5.95 Å². The number of halogens is 1. The van der Waals surface area contributed by atoms with Crippen molar-refractivity contribution < 1.29 is 17.9 Å². The Balaban J connectivity index is 1.61. The van der Waals surface area contributed by atoms with Gasteiger partial charge in [-0.2, -0.15) is 0 Å². The summed E-state index contributed by atoms with van der Waals surface area (Å²) in [4.78, 5) is 23.8. The van der Waals surface area contributed by atoms with Crippen LogP contribution in [0, 0.1) is 0 Å². The fourth-order valence-corrected chi connectivity index (χ4v) is 5.13. The highest BCUT2D eigenvalue weighted by molar-refractivity contribution is 7.91. The molecule has 0 N–H and O–H groups in total. The minimum absolute atomic E-state index is 0.131. The van der Waals surface area contributed by atoms with E-state index in [2.05, 4.69) is 9.97 Å². The summed E-state index contributed by atoms with van der Waals surface area (Å²) in [6.07, 6.45) is 5.92. The molecule has 8 nitrogen and oxygen atoms in total. The van der Waals surface area contributed by atoms with Crippen LogP contribution >= 0.6 is 11.6 Å². The van der Waals surface area contributed by atoms with Crippen LogP contribution in [0.5, 0.6) is 0 Å². The number of ether oxygens (including phenoxy) is 1. The van der Waals surface area contributed by atoms with Gasteiger partial charge >= 0.3 is 0 Å². The Kier molecular flexibility index (Phi) is 5.85. The number of morpholine rings is 1. The first-order valence-corrected chi connectivity index (χ1v) is 12.9. The highest BCUT2D eigenvalue weighted by Crippen LogP contribution is 2.30. The van der Waals surface area contributed by atoms with Crippen LogP contribution < -0.4 is 0 Å². The molecule has 1 saturated heterocycles. The number of sulfone groups is 1. The van der Waals surface area contributed by atoms with Gasteiger partial charge in [-0.3, -0.25) is 9.36 Å². The minimum Gasteiger partial charge on any atom is -0.378 e. The first kappa shape index (κ1) is 22.5. The fourth-order valence-electron chi connectivity index (χ4n) is 4.02. The summed E-state index contributed by atoms with van der Waals surface area (Å²) in [5.74, 6) is 0.153. The van der Waals surface area contributed by atoms with Crippen LogP contribution in [-0.2, 0) is 14.6 Å². The molecule has 2 aromatic heterocycles. The lowest BCUT2D eigenvalue weighted by Crippen LogP contribution is -2.40. The van der Waals surface area contributed by atoms with Crippen LogP contribution in [0.4, 0.5) is 0 Å². The minimum atomic E-state index is -3.53. The van der Waals surface area contributed by atoms with Gasteiger partial charge in [0.05, 0.1) is 23.6 Å². The quantitative estimate of drug-likeness (QED) is 0.428. The second kappa shape index (κ2) is 8.83. The first-order chi connectivity index (χ1) is 16.3. The zero-order chi connectivity index (χ0) is 23.9. The predicted molar refractivity (Wildman–Crippen MR) is 129 cm³/mol. The molecule has 1 aliphatic rings. The van der Waals surface area contributed by atoms with Gasteiger partial charge in [-0.25, -0.2) is 18.4 Å². The molecule has 4 aromatic rings. The third kappa shape index (κ3) is 4.18. The van der Waals surface area contributed by atoms with E-state index in [1.807, 2.05) is 18.2 Å². The molecular weight excluding hydrogens is 476 g/mol. The second-order valence-corrected chi connectivity index (χ2v) is 10.4. The molecule has 0 saturated carbocycles. The molecule has 0 bridgehead atoms. The number of rotatable bonds is 4. The number of hydrogen-bond acceptors (Lipinski definition) is 6. The van der Waals surface area contributed by atoms with Crippen molar-refractivity contribution in [3.8, 4) is 17.1 Å². The highest BCUT2D eigenvalue weighted by Gasteiger charge is 2.23. The van der Waals surface area contributed by atoms with Gasteiger partial charge in [0.15, 0.2) is 9.84 Å². The Bertz CT molecular complexity index is 1490. The summed E-state index contributed by atoms with van der Waals surface area (Å²) in [6, 6.07) is 12.4. The van der Waals surface area contributed by atoms with Crippen molar-refractivity contribution in [2.45, 2.75) is 4.90 Å². The van der Waals surface area contributed by atoms with Crippen LogP contribution in [0.15, 0.2) is 66.0 Å². The van der Waals surface area contributed by atoms with Crippen LogP contribution in [0.2, 0.25) is 5.02 Å². The number of fused-ring (bicyclic) bond motifs is 1. The standard InChI is InChI=1S/C24H21ClN4O4S/c1-34(31,32)22-15-29(24-26-13-17(14-27-24)18-4-2-3-5-20(18)25)21-12-16(6-7-19(21)22)23(30)28-8-10-33-11-9-28/h2-7,12-15H,8-11H2,1H3. The molecule has 5 rings (SSSR count). The molecule has 1 amide bonds. The molecule has 34 heavy (non-hydrogen) atoms. The smallest absolute Gasteiger partial charge is 0.254 e. The molecular formula is C24H21ClN4O4S. The van der Waals surface area contributed by atoms with E-state index in [0.29, 0.717) is 47.8 Å². The van der Waals surface area contributed by atoms with E-state index >= 15 is 0 Å². The number of hydrogen-bond donors (Lipinski definition) is 0. The largest absolute Gasteiger partial charge is 0.378 e. The van der Waals surface area contributed by atoms with Crippen LogP contribution in [0.25, 0.3) is 28.0 Å². The molecule has 0 spiro atoms. The first-order valence-electron chi connectivity index (χ1n) is 10.6. The monoisotopic (exact) mass is 496 g/mol. The van der Waals surface area contributed by atoms with E-state index in [1.165, 1.54) is 6.20 Å². The zero-order valence-corrected chi connectivity index (χ0v) is 19.9. The summed E-state index contributed by atoms with van der Waals surface area (Å²) in [7, 11) is -3.53. The lowest BCUT2D eigenvalue weighted by atomic mass is 10.1. The summed E-state index contributed by atoms with van der Waals surface area (Å²) >= 11 is 6.29. The Hall–Kier alpha value is -3.27. The highest BCUT2D eigenvalue weighted by atomic mass is 35.5. The molecule has 0 aliphatic carbocycles. The van der Waals surface area contributed by atoms with Crippen molar-refractivity contribution in [3.05, 3.63) is 71.6 Å². The SMILES string of the molecule is CS(=O)(=O)c1cn(-c2ncc(-c3ccccc3Cl)cn2)c2cc(C(=O)N3CCOCC3)ccc12. The fraction of sp³-hybridized carbons (Fsp3) is 0.208. The lowest BCUT2D eigenvalue weighted by molar-refractivity contribution is 0.0303. The molecule has 3 heterocycles. The molecule has 0 unspecified atom stereocenters. The summed E-state index contributed by atoms with van der Waals surface area (Å²) < 4.78 is 31.9. The molecule has 1 fully saturated rings. The lowest BCUT2D eigenvalue weighted by Gasteiger charge is -2.26. The Morgan fingerprint density at radius 3 is 2.44 bits per heavy atom. The molecule has 10 heteroatoms. The second-order valence-electron chi connectivity index (χ2n) is 8.02. The third-order valence-electron chi connectivity index (χ3n) is 5.75. The number of benzene rings is 2.